The molecule has 1 saturated heterocycles. The highest BCUT2D eigenvalue weighted by molar-refractivity contribution is 7.09. The van der Waals surface area contributed by atoms with Gasteiger partial charge in [-0.2, -0.15) is 0 Å². The van der Waals surface area contributed by atoms with Gasteiger partial charge in [0.05, 0.1) is 12.1 Å². The Balaban J connectivity index is 1.60. The van der Waals surface area contributed by atoms with Crippen LogP contribution >= 0.6 is 11.3 Å². The van der Waals surface area contributed by atoms with Crippen LogP contribution in [0.4, 0.5) is 0 Å². The third-order valence-corrected chi connectivity index (χ3v) is 6.74. The molecule has 1 aliphatic heterocycles. The van der Waals surface area contributed by atoms with Gasteiger partial charge in [-0.25, -0.2) is 4.98 Å². The Morgan fingerprint density at radius 3 is 2.72 bits per heavy atom. The van der Waals surface area contributed by atoms with Crippen molar-refractivity contribution in [3.63, 3.8) is 0 Å². The molecule has 0 spiro atoms. The summed E-state index contributed by atoms with van der Waals surface area (Å²) in [6.07, 6.45) is 5.70. The van der Waals surface area contributed by atoms with Crippen LogP contribution in [0.3, 0.4) is 0 Å². The number of hydrogen-bond acceptors (Lipinski definition) is 5. The first-order valence-corrected chi connectivity index (χ1v) is 12.1. The number of aliphatic hydroxyl groups is 1. The predicted molar refractivity (Wildman–Crippen MR) is 127 cm³/mol. The van der Waals surface area contributed by atoms with Crippen molar-refractivity contribution in [1.82, 2.24) is 15.2 Å². The van der Waals surface area contributed by atoms with Gasteiger partial charge in [-0.1, -0.05) is 50.3 Å². The van der Waals surface area contributed by atoms with Crippen LogP contribution in [0.1, 0.15) is 56.6 Å². The van der Waals surface area contributed by atoms with E-state index in [0.717, 1.165) is 23.4 Å². The highest BCUT2D eigenvalue weighted by Crippen LogP contribution is 2.33. The number of rotatable bonds is 9. The molecular formula is C25H33N3O3S. The number of aliphatic hydroxyl groups excluding tert-OH is 1. The van der Waals surface area contributed by atoms with Gasteiger partial charge in [0.2, 0.25) is 11.8 Å². The van der Waals surface area contributed by atoms with Crippen molar-refractivity contribution in [2.45, 2.75) is 64.6 Å². The third-order valence-electron chi connectivity index (χ3n) is 5.86. The van der Waals surface area contributed by atoms with E-state index in [1.165, 1.54) is 0 Å². The second kappa shape index (κ2) is 11.4. The van der Waals surface area contributed by atoms with Crippen LogP contribution in [-0.4, -0.2) is 45.5 Å². The second-order valence-electron chi connectivity index (χ2n) is 8.72. The minimum Gasteiger partial charge on any atom is -0.392 e. The molecule has 0 saturated carbocycles. The van der Waals surface area contributed by atoms with Crippen LogP contribution in [-0.2, 0) is 16.0 Å². The van der Waals surface area contributed by atoms with E-state index in [1.807, 2.05) is 54.5 Å². The molecule has 7 heteroatoms. The summed E-state index contributed by atoms with van der Waals surface area (Å²) >= 11 is 1.56. The molecule has 0 aliphatic carbocycles. The first-order chi connectivity index (χ1) is 15.4. The van der Waals surface area contributed by atoms with E-state index in [1.54, 1.807) is 30.5 Å². The zero-order chi connectivity index (χ0) is 23.1. The molecule has 2 aromatic rings. The van der Waals surface area contributed by atoms with Gasteiger partial charge < -0.3 is 15.3 Å². The number of carbonyl (C=O) groups excluding carboxylic acids is 2. The number of carbonyl (C=O) groups is 2. The van der Waals surface area contributed by atoms with Crippen molar-refractivity contribution in [2.24, 2.45) is 5.92 Å². The van der Waals surface area contributed by atoms with Crippen molar-refractivity contribution in [1.29, 1.82) is 0 Å². The lowest BCUT2D eigenvalue weighted by molar-refractivity contribution is -0.137. The smallest absolute Gasteiger partial charge is 0.247 e. The monoisotopic (exact) mass is 455 g/mol. The number of amides is 2. The van der Waals surface area contributed by atoms with Crippen LogP contribution in [0, 0.1) is 5.92 Å². The largest absolute Gasteiger partial charge is 0.392 e. The predicted octanol–water partition coefficient (Wildman–Crippen LogP) is 3.89. The van der Waals surface area contributed by atoms with Gasteiger partial charge in [0.25, 0.3) is 0 Å². The van der Waals surface area contributed by atoms with E-state index in [2.05, 4.69) is 10.3 Å². The first-order valence-electron chi connectivity index (χ1n) is 11.3. The number of hydrogen-bond donors (Lipinski definition) is 2. The van der Waals surface area contributed by atoms with Crippen LogP contribution in [0.5, 0.6) is 0 Å². The van der Waals surface area contributed by atoms with Crippen LogP contribution in [0.15, 0.2) is 53.6 Å². The van der Waals surface area contributed by atoms with E-state index in [9.17, 15) is 14.7 Å². The number of nitrogens with one attached hydrogen (secondary N) is 1. The number of aromatic nitrogens is 1. The molecule has 6 nitrogen and oxygen atoms in total. The Kier molecular flexibility index (Phi) is 8.59. The minimum atomic E-state index is -0.597. The number of benzene rings is 1. The summed E-state index contributed by atoms with van der Waals surface area (Å²) in [6.45, 7) is 6.29. The van der Waals surface area contributed by atoms with E-state index in [4.69, 9.17) is 0 Å². The highest BCUT2D eigenvalue weighted by atomic mass is 32.1. The van der Waals surface area contributed by atoms with Gasteiger partial charge in [0.1, 0.15) is 11.0 Å². The molecule has 172 valence electrons. The maximum atomic E-state index is 13.3. The molecule has 2 amide bonds. The molecule has 2 N–H and O–H groups in total. The maximum absolute atomic E-state index is 13.3. The normalized spacial score (nSPS) is 18.6. The minimum absolute atomic E-state index is 0.00887. The molecule has 1 aromatic carbocycles. The fraction of sp³-hybridized carbons (Fsp3) is 0.480. The van der Waals surface area contributed by atoms with E-state index in [-0.39, 0.29) is 23.8 Å². The average Bonchev–Trinajstić information content (AvgIpc) is 3.47. The summed E-state index contributed by atoms with van der Waals surface area (Å²) in [5.74, 6) is -0.364. The molecule has 0 bridgehead atoms. The number of likely N-dealkylation sites (tertiary alicyclic amines) is 1. The standard InChI is InChI=1S/C25H33N3O3S/c1-17(2)22(25(31)28-14-7-10-21(28)24-26-13-15-32-24)27-23(30)18(3)11-12-20(29)16-19-8-5-4-6-9-19/h4-6,8-9,11,13,15,17,20-22,29H,7,10,12,14,16H2,1-3H3,(H,27,30)/b18-11+/t20?,21?,22-/m0/s1. The summed E-state index contributed by atoms with van der Waals surface area (Å²) < 4.78 is 0. The third kappa shape index (κ3) is 6.26. The van der Waals surface area contributed by atoms with Crippen molar-refractivity contribution >= 4 is 23.2 Å². The summed E-state index contributed by atoms with van der Waals surface area (Å²) in [5.41, 5.74) is 1.56. The number of nitrogens with zero attached hydrogens (tertiary/aromatic N) is 2. The fourth-order valence-corrected chi connectivity index (χ4v) is 4.79. The van der Waals surface area contributed by atoms with Gasteiger partial charge in [-0.15, -0.1) is 11.3 Å². The van der Waals surface area contributed by atoms with Gasteiger partial charge in [0, 0.05) is 23.7 Å². The summed E-state index contributed by atoms with van der Waals surface area (Å²) in [5, 5.41) is 16.1. The first kappa shape index (κ1) is 24.1. The summed E-state index contributed by atoms with van der Waals surface area (Å²) in [7, 11) is 0. The molecule has 32 heavy (non-hydrogen) atoms. The van der Waals surface area contributed by atoms with E-state index in [0.29, 0.717) is 25.0 Å². The number of thiazole rings is 1. The summed E-state index contributed by atoms with van der Waals surface area (Å²) in [4.78, 5) is 32.4. The lowest BCUT2D eigenvalue weighted by atomic mass is 10.0. The molecule has 1 fully saturated rings. The van der Waals surface area contributed by atoms with Crippen molar-refractivity contribution in [3.05, 3.63) is 64.1 Å². The highest BCUT2D eigenvalue weighted by Gasteiger charge is 2.37. The molecular weight excluding hydrogens is 422 g/mol. The Morgan fingerprint density at radius 1 is 1.31 bits per heavy atom. The quantitative estimate of drug-likeness (QED) is 0.562. The molecule has 1 aliphatic rings. The van der Waals surface area contributed by atoms with Gasteiger partial charge in [0.15, 0.2) is 0 Å². The molecule has 2 unspecified atom stereocenters. The molecule has 3 atom stereocenters. The molecule has 2 heterocycles. The molecule has 0 radical (unpaired) electrons. The lowest BCUT2D eigenvalue weighted by Gasteiger charge is -2.30. The fourth-order valence-electron chi connectivity index (χ4n) is 4.01. The Hall–Kier alpha value is -2.51. The van der Waals surface area contributed by atoms with Gasteiger partial charge in [-0.3, -0.25) is 9.59 Å². The van der Waals surface area contributed by atoms with E-state index >= 15 is 0 Å². The zero-order valence-corrected chi connectivity index (χ0v) is 19.8. The average molecular weight is 456 g/mol. The van der Waals surface area contributed by atoms with Crippen LogP contribution in [0.25, 0.3) is 0 Å². The Labute approximate surface area is 194 Å². The molecule has 3 rings (SSSR count). The van der Waals surface area contributed by atoms with Crippen molar-refractivity contribution in [3.8, 4) is 0 Å². The summed E-state index contributed by atoms with van der Waals surface area (Å²) in [6, 6.07) is 9.17. The Bertz CT molecular complexity index is 912. The lowest BCUT2D eigenvalue weighted by Crippen LogP contribution is -2.51. The van der Waals surface area contributed by atoms with Gasteiger partial charge >= 0.3 is 0 Å². The SMILES string of the molecule is C/C(=C\CC(O)Cc1ccccc1)C(=O)N[C@H](C(=O)N1CCCC1c1nccs1)C(C)C. The van der Waals surface area contributed by atoms with Crippen LogP contribution in [0.2, 0.25) is 0 Å². The molecule has 1 aromatic heterocycles. The van der Waals surface area contributed by atoms with Crippen LogP contribution < -0.4 is 5.32 Å². The van der Waals surface area contributed by atoms with Gasteiger partial charge in [-0.05, 0) is 44.1 Å². The van der Waals surface area contributed by atoms with E-state index < -0.39 is 12.1 Å². The Morgan fingerprint density at radius 2 is 2.06 bits per heavy atom. The second-order valence-corrected chi connectivity index (χ2v) is 9.65. The van der Waals surface area contributed by atoms with Crippen molar-refractivity contribution in [2.75, 3.05) is 6.54 Å². The van der Waals surface area contributed by atoms with Crippen molar-refractivity contribution < 1.29 is 14.7 Å². The zero-order valence-electron chi connectivity index (χ0n) is 19.0. The maximum Gasteiger partial charge on any atom is 0.247 e. The topological polar surface area (TPSA) is 82.5 Å².